The minimum Gasteiger partial charge on any atom is -0.377 e. The molecule has 0 atom stereocenters. The maximum Gasteiger partial charge on any atom is 0.330 e. The number of aryl methyl sites for hydroxylation is 1. The number of rotatable bonds is 6. The third-order valence-corrected chi connectivity index (χ3v) is 3.46. The van der Waals surface area contributed by atoms with E-state index in [1.165, 1.54) is 17.7 Å². The lowest BCUT2D eigenvalue weighted by atomic mass is 10.2. The van der Waals surface area contributed by atoms with Crippen LogP contribution in [0.15, 0.2) is 46.0 Å². The first kappa shape index (κ1) is 15.3. The Hall–Kier alpha value is -2.14. The zero-order valence-electron chi connectivity index (χ0n) is 12.4. The highest BCUT2D eigenvalue weighted by molar-refractivity contribution is 5.13. The normalized spacial score (nSPS) is 10.8. The van der Waals surface area contributed by atoms with Crippen LogP contribution in [0.3, 0.4) is 0 Å². The monoisotopic (exact) mass is 288 g/mol. The molecule has 0 saturated heterocycles. The molecule has 0 radical (unpaired) electrons. The average molecular weight is 288 g/mol. The van der Waals surface area contributed by atoms with Crippen molar-refractivity contribution < 1.29 is 4.74 Å². The first-order chi connectivity index (χ1) is 10.1. The van der Waals surface area contributed by atoms with Crippen molar-refractivity contribution in [3.63, 3.8) is 0 Å². The third-order valence-electron chi connectivity index (χ3n) is 3.46. The SMILES string of the molecule is Cn1c(CCCOCc2ccccc2)cc(=O)n(C)c1=O. The van der Waals surface area contributed by atoms with Crippen molar-refractivity contribution in [1.29, 1.82) is 0 Å². The van der Waals surface area contributed by atoms with Crippen LogP contribution in [0.4, 0.5) is 0 Å². The lowest BCUT2D eigenvalue weighted by molar-refractivity contribution is 0.118. The van der Waals surface area contributed by atoms with Crippen LogP contribution in [-0.2, 0) is 31.9 Å². The molecule has 1 aromatic heterocycles. The van der Waals surface area contributed by atoms with Gasteiger partial charge in [0.15, 0.2) is 0 Å². The van der Waals surface area contributed by atoms with Gasteiger partial charge in [0, 0.05) is 32.5 Å². The topological polar surface area (TPSA) is 53.2 Å². The molecule has 0 amide bonds. The molecule has 0 unspecified atom stereocenters. The highest BCUT2D eigenvalue weighted by Gasteiger charge is 2.05. The minimum absolute atomic E-state index is 0.265. The first-order valence-electron chi connectivity index (χ1n) is 6.97. The van der Waals surface area contributed by atoms with Crippen LogP contribution >= 0.6 is 0 Å². The molecule has 112 valence electrons. The summed E-state index contributed by atoms with van der Waals surface area (Å²) in [6.07, 6.45) is 1.42. The molecule has 0 aliphatic heterocycles. The molecule has 0 fully saturated rings. The van der Waals surface area contributed by atoms with E-state index in [1.54, 1.807) is 7.05 Å². The molecule has 0 spiro atoms. The van der Waals surface area contributed by atoms with Gasteiger partial charge < -0.3 is 9.30 Å². The van der Waals surface area contributed by atoms with E-state index in [0.29, 0.717) is 19.6 Å². The second-order valence-electron chi connectivity index (χ2n) is 5.02. The molecule has 5 nitrogen and oxygen atoms in total. The molecular formula is C16H20N2O3. The van der Waals surface area contributed by atoms with E-state index in [9.17, 15) is 9.59 Å². The Balaban J connectivity index is 1.84. The van der Waals surface area contributed by atoms with Crippen molar-refractivity contribution in [2.24, 2.45) is 14.1 Å². The summed E-state index contributed by atoms with van der Waals surface area (Å²) in [5, 5.41) is 0. The van der Waals surface area contributed by atoms with E-state index in [1.807, 2.05) is 30.3 Å². The molecule has 0 N–H and O–H groups in total. The molecule has 5 heteroatoms. The second kappa shape index (κ2) is 7.04. The summed E-state index contributed by atoms with van der Waals surface area (Å²) < 4.78 is 8.21. The molecule has 2 rings (SSSR count). The van der Waals surface area contributed by atoms with E-state index in [2.05, 4.69) is 0 Å². The predicted molar refractivity (Wildman–Crippen MR) is 81.3 cm³/mol. The highest BCUT2D eigenvalue weighted by atomic mass is 16.5. The third kappa shape index (κ3) is 3.92. The van der Waals surface area contributed by atoms with Gasteiger partial charge in [0.1, 0.15) is 0 Å². The number of ether oxygens (including phenoxy) is 1. The van der Waals surface area contributed by atoms with Gasteiger partial charge in [0.2, 0.25) is 0 Å². The van der Waals surface area contributed by atoms with Crippen LogP contribution in [0.1, 0.15) is 17.7 Å². The summed E-state index contributed by atoms with van der Waals surface area (Å²) in [5.41, 5.74) is 1.32. The quantitative estimate of drug-likeness (QED) is 0.751. The zero-order valence-corrected chi connectivity index (χ0v) is 12.4. The van der Waals surface area contributed by atoms with Gasteiger partial charge in [-0.25, -0.2) is 4.79 Å². The molecule has 1 heterocycles. The molecule has 21 heavy (non-hydrogen) atoms. The van der Waals surface area contributed by atoms with Crippen molar-refractivity contribution in [1.82, 2.24) is 9.13 Å². The predicted octanol–water partition coefficient (Wildman–Crippen LogP) is 1.23. The maximum absolute atomic E-state index is 11.8. The van der Waals surface area contributed by atoms with Crippen molar-refractivity contribution in [3.05, 3.63) is 68.5 Å². The smallest absolute Gasteiger partial charge is 0.330 e. The summed E-state index contributed by atoms with van der Waals surface area (Å²) in [7, 11) is 3.17. The average Bonchev–Trinajstić information content (AvgIpc) is 2.50. The summed E-state index contributed by atoms with van der Waals surface area (Å²) in [6, 6.07) is 11.5. The van der Waals surface area contributed by atoms with Gasteiger partial charge in [-0.1, -0.05) is 30.3 Å². The van der Waals surface area contributed by atoms with E-state index in [0.717, 1.165) is 22.2 Å². The summed E-state index contributed by atoms with van der Waals surface area (Å²) in [5.74, 6) is 0. The molecule has 0 aliphatic rings. The number of hydrogen-bond acceptors (Lipinski definition) is 3. The van der Waals surface area contributed by atoms with Crippen LogP contribution in [0.5, 0.6) is 0 Å². The number of aromatic nitrogens is 2. The van der Waals surface area contributed by atoms with Gasteiger partial charge in [-0.2, -0.15) is 0 Å². The molecule has 1 aromatic carbocycles. The molecular weight excluding hydrogens is 268 g/mol. The largest absolute Gasteiger partial charge is 0.377 e. The summed E-state index contributed by atoms with van der Waals surface area (Å²) in [6.45, 7) is 1.18. The number of hydrogen-bond donors (Lipinski definition) is 0. The van der Waals surface area contributed by atoms with E-state index >= 15 is 0 Å². The second-order valence-corrected chi connectivity index (χ2v) is 5.02. The molecule has 2 aromatic rings. The van der Waals surface area contributed by atoms with Crippen molar-refractivity contribution >= 4 is 0 Å². The van der Waals surface area contributed by atoms with Gasteiger partial charge in [-0.3, -0.25) is 9.36 Å². The van der Waals surface area contributed by atoms with Crippen LogP contribution < -0.4 is 11.2 Å². The Morgan fingerprint density at radius 1 is 1.05 bits per heavy atom. The van der Waals surface area contributed by atoms with Gasteiger partial charge in [0.05, 0.1) is 6.61 Å². The highest BCUT2D eigenvalue weighted by Crippen LogP contribution is 2.02. The van der Waals surface area contributed by atoms with Crippen LogP contribution in [0.25, 0.3) is 0 Å². The fourth-order valence-electron chi connectivity index (χ4n) is 2.14. The first-order valence-corrected chi connectivity index (χ1v) is 6.97. The van der Waals surface area contributed by atoms with Gasteiger partial charge in [-0.15, -0.1) is 0 Å². The van der Waals surface area contributed by atoms with E-state index in [4.69, 9.17) is 4.74 Å². The van der Waals surface area contributed by atoms with Crippen LogP contribution in [0.2, 0.25) is 0 Å². The molecule has 0 aliphatic carbocycles. The van der Waals surface area contributed by atoms with Crippen molar-refractivity contribution in [2.45, 2.75) is 19.4 Å². The van der Waals surface area contributed by atoms with Gasteiger partial charge in [0.25, 0.3) is 5.56 Å². The van der Waals surface area contributed by atoms with Gasteiger partial charge >= 0.3 is 5.69 Å². The Morgan fingerprint density at radius 3 is 2.48 bits per heavy atom. The Bertz CT molecular complexity index is 702. The van der Waals surface area contributed by atoms with E-state index < -0.39 is 0 Å². The fourth-order valence-corrected chi connectivity index (χ4v) is 2.14. The standard InChI is InChI=1S/C16H20N2O3/c1-17-14(11-15(19)18(2)16(17)20)9-6-10-21-12-13-7-4-3-5-8-13/h3-5,7-8,11H,6,9-10,12H2,1-2H3. The molecule has 0 saturated carbocycles. The number of benzene rings is 1. The van der Waals surface area contributed by atoms with Crippen molar-refractivity contribution in [3.8, 4) is 0 Å². The zero-order chi connectivity index (χ0) is 15.2. The summed E-state index contributed by atoms with van der Waals surface area (Å²) >= 11 is 0. The Labute approximate surface area is 123 Å². The number of nitrogens with zero attached hydrogens (tertiary/aromatic N) is 2. The fraction of sp³-hybridized carbons (Fsp3) is 0.375. The maximum atomic E-state index is 11.8. The lowest BCUT2D eigenvalue weighted by Gasteiger charge is -2.09. The van der Waals surface area contributed by atoms with E-state index in [-0.39, 0.29) is 11.2 Å². The Morgan fingerprint density at radius 2 is 1.76 bits per heavy atom. The molecule has 0 bridgehead atoms. The van der Waals surface area contributed by atoms with Gasteiger partial charge in [-0.05, 0) is 18.4 Å². The Kier molecular flexibility index (Phi) is 5.11. The minimum atomic E-state index is -0.289. The van der Waals surface area contributed by atoms with Crippen LogP contribution in [0, 0.1) is 0 Å². The van der Waals surface area contributed by atoms with Crippen LogP contribution in [-0.4, -0.2) is 15.7 Å². The van der Waals surface area contributed by atoms with Crippen molar-refractivity contribution in [2.75, 3.05) is 6.61 Å². The lowest BCUT2D eigenvalue weighted by Crippen LogP contribution is -2.38. The summed E-state index contributed by atoms with van der Waals surface area (Å²) in [4.78, 5) is 23.4.